The summed E-state index contributed by atoms with van der Waals surface area (Å²) >= 11 is 0. The topological polar surface area (TPSA) is 79.4 Å². The number of aryl methyl sites for hydroxylation is 1. The maximum absolute atomic E-state index is 12.7. The van der Waals surface area contributed by atoms with Crippen LogP contribution in [0.2, 0.25) is 0 Å². The van der Waals surface area contributed by atoms with Crippen molar-refractivity contribution in [2.45, 2.75) is 25.8 Å². The van der Waals surface area contributed by atoms with E-state index in [1.165, 1.54) is 4.90 Å². The van der Waals surface area contributed by atoms with Crippen LogP contribution in [0.3, 0.4) is 0 Å². The van der Waals surface area contributed by atoms with Crippen molar-refractivity contribution < 1.29 is 14.4 Å². The van der Waals surface area contributed by atoms with E-state index in [4.69, 9.17) is 0 Å². The second-order valence-corrected chi connectivity index (χ2v) is 5.63. The third-order valence-corrected chi connectivity index (χ3v) is 4.30. The van der Waals surface area contributed by atoms with Gasteiger partial charge in [0, 0.05) is 18.0 Å². The molecule has 1 saturated heterocycles. The van der Waals surface area contributed by atoms with Crippen molar-refractivity contribution in [1.29, 1.82) is 0 Å². The van der Waals surface area contributed by atoms with Gasteiger partial charge in [-0.05, 0) is 31.0 Å². The Hall–Kier alpha value is -2.76. The molecule has 2 aliphatic rings. The molecule has 22 heavy (non-hydrogen) atoms. The smallest absolute Gasteiger partial charge is 0.259 e. The second kappa shape index (κ2) is 4.37. The van der Waals surface area contributed by atoms with Gasteiger partial charge in [0.05, 0.1) is 16.8 Å². The van der Waals surface area contributed by atoms with Crippen molar-refractivity contribution in [3.8, 4) is 0 Å². The molecule has 2 aliphatic heterocycles. The van der Waals surface area contributed by atoms with Crippen LogP contribution in [-0.2, 0) is 9.59 Å². The number of imide groups is 1. The normalized spacial score (nSPS) is 20.7. The lowest BCUT2D eigenvalue weighted by molar-refractivity contribution is -0.134. The van der Waals surface area contributed by atoms with E-state index in [2.05, 4.69) is 10.3 Å². The van der Waals surface area contributed by atoms with E-state index in [1.54, 1.807) is 18.3 Å². The van der Waals surface area contributed by atoms with E-state index in [-0.39, 0.29) is 18.2 Å². The second-order valence-electron chi connectivity index (χ2n) is 5.63. The summed E-state index contributed by atoms with van der Waals surface area (Å²) in [6.07, 6.45) is 2.23. The summed E-state index contributed by atoms with van der Waals surface area (Å²) in [4.78, 5) is 42.1. The largest absolute Gasteiger partial charge is 0.295 e. The van der Waals surface area contributed by atoms with Crippen LogP contribution in [-0.4, -0.2) is 28.7 Å². The Morgan fingerprint density at radius 3 is 2.82 bits per heavy atom. The summed E-state index contributed by atoms with van der Waals surface area (Å²) in [5.41, 5.74) is 3.02. The summed E-state index contributed by atoms with van der Waals surface area (Å²) < 4.78 is 0. The zero-order valence-corrected chi connectivity index (χ0v) is 11.9. The van der Waals surface area contributed by atoms with Crippen molar-refractivity contribution in [2.24, 2.45) is 0 Å². The van der Waals surface area contributed by atoms with Gasteiger partial charge in [0.15, 0.2) is 0 Å². The molecular weight excluding hydrogens is 282 g/mol. The van der Waals surface area contributed by atoms with Crippen LogP contribution in [0, 0.1) is 6.92 Å². The Kier molecular flexibility index (Phi) is 2.57. The van der Waals surface area contributed by atoms with E-state index in [9.17, 15) is 14.4 Å². The predicted octanol–water partition coefficient (Wildman–Crippen LogP) is 1.31. The van der Waals surface area contributed by atoms with Crippen LogP contribution in [0.5, 0.6) is 0 Å². The number of benzene rings is 1. The van der Waals surface area contributed by atoms with E-state index in [1.807, 2.05) is 13.0 Å². The third kappa shape index (κ3) is 1.60. The summed E-state index contributed by atoms with van der Waals surface area (Å²) in [5.74, 6) is -0.914. The monoisotopic (exact) mass is 295 g/mol. The summed E-state index contributed by atoms with van der Waals surface area (Å²) in [6, 6.07) is 4.74. The molecule has 0 saturated carbocycles. The number of rotatable bonds is 1. The van der Waals surface area contributed by atoms with Gasteiger partial charge in [0.1, 0.15) is 6.04 Å². The van der Waals surface area contributed by atoms with Crippen LogP contribution in [0.25, 0.3) is 10.9 Å². The first-order chi connectivity index (χ1) is 10.6. The van der Waals surface area contributed by atoms with Crippen LogP contribution in [0.15, 0.2) is 24.4 Å². The van der Waals surface area contributed by atoms with Gasteiger partial charge in [0.2, 0.25) is 11.8 Å². The van der Waals surface area contributed by atoms with Crippen LogP contribution in [0.1, 0.15) is 28.8 Å². The highest BCUT2D eigenvalue weighted by Gasteiger charge is 2.40. The average Bonchev–Trinajstić information content (AvgIpc) is 2.77. The molecule has 4 rings (SSSR count). The lowest BCUT2D eigenvalue weighted by Gasteiger charge is -2.30. The summed E-state index contributed by atoms with van der Waals surface area (Å²) in [7, 11) is 0. The van der Waals surface area contributed by atoms with E-state index < -0.39 is 11.9 Å². The molecule has 1 fully saturated rings. The van der Waals surface area contributed by atoms with Gasteiger partial charge >= 0.3 is 0 Å². The lowest BCUT2D eigenvalue weighted by Crippen LogP contribution is -2.53. The van der Waals surface area contributed by atoms with Crippen molar-refractivity contribution in [3.05, 3.63) is 35.5 Å². The maximum atomic E-state index is 12.7. The van der Waals surface area contributed by atoms with Gasteiger partial charge in [-0.2, -0.15) is 0 Å². The number of nitrogens with one attached hydrogen (secondary N) is 1. The molecule has 6 nitrogen and oxygen atoms in total. The van der Waals surface area contributed by atoms with E-state index >= 15 is 0 Å². The number of hydrogen-bond acceptors (Lipinski definition) is 4. The van der Waals surface area contributed by atoms with Gasteiger partial charge in [0.25, 0.3) is 5.91 Å². The van der Waals surface area contributed by atoms with Crippen molar-refractivity contribution in [2.75, 3.05) is 4.90 Å². The molecular formula is C16H13N3O3. The number of aromatic nitrogens is 1. The number of nitrogens with zero attached hydrogens (tertiary/aromatic N) is 2. The zero-order valence-electron chi connectivity index (χ0n) is 11.9. The standard InChI is InChI=1S/C16H13N3O3/c1-8-2-3-9-13-10(6-7-17-14(8)13)19(16(9)22)11-4-5-12(20)18-15(11)21/h2-3,6-7,11H,4-5H2,1H3,(H,18,20,21). The highest BCUT2D eigenvalue weighted by atomic mass is 16.2. The van der Waals surface area contributed by atoms with Gasteiger partial charge in [-0.25, -0.2) is 0 Å². The van der Waals surface area contributed by atoms with Crippen molar-refractivity contribution in [1.82, 2.24) is 10.3 Å². The van der Waals surface area contributed by atoms with Crippen molar-refractivity contribution in [3.63, 3.8) is 0 Å². The van der Waals surface area contributed by atoms with Crippen LogP contribution >= 0.6 is 0 Å². The Labute approximate surface area is 126 Å². The highest BCUT2D eigenvalue weighted by molar-refractivity contribution is 6.26. The van der Waals surface area contributed by atoms with Gasteiger partial charge < -0.3 is 0 Å². The Bertz CT molecular complexity index is 859. The first-order valence-electron chi connectivity index (χ1n) is 7.13. The lowest BCUT2D eigenvalue weighted by atomic mass is 10.0. The average molecular weight is 295 g/mol. The molecule has 3 amide bonds. The highest BCUT2D eigenvalue weighted by Crippen LogP contribution is 2.39. The molecule has 1 N–H and O–H groups in total. The SMILES string of the molecule is Cc1ccc2c3c(ccnc13)N(C1CCC(=O)NC1=O)C2=O. The molecule has 1 unspecified atom stereocenters. The van der Waals surface area contributed by atoms with E-state index in [0.29, 0.717) is 17.7 Å². The fourth-order valence-electron chi connectivity index (χ4n) is 3.24. The minimum absolute atomic E-state index is 0.206. The number of pyridine rings is 1. The Morgan fingerprint density at radius 1 is 1.23 bits per heavy atom. The van der Waals surface area contributed by atoms with E-state index in [0.717, 1.165) is 16.5 Å². The molecule has 0 spiro atoms. The zero-order chi connectivity index (χ0) is 15.4. The molecule has 110 valence electrons. The van der Waals surface area contributed by atoms with Gasteiger partial charge in [-0.1, -0.05) is 6.07 Å². The first-order valence-corrected chi connectivity index (χ1v) is 7.13. The molecule has 2 aromatic rings. The fraction of sp³-hybridized carbons (Fsp3) is 0.250. The number of carbonyl (C=O) groups is 3. The molecule has 3 heterocycles. The minimum atomic E-state index is -0.650. The molecule has 0 bridgehead atoms. The number of piperidine rings is 1. The number of hydrogen-bond donors (Lipinski definition) is 1. The predicted molar refractivity (Wildman–Crippen MR) is 79.5 cm³/mol. The van der Waals surface area contributed by atoms with Crippen LogP contribution in [0.4, 0.5) is 5.69 Å². The van der Waals surface area contributed by atoms with Crippen molar-refractivity contribution >= 4 is 34.3 Å². The minimum Gasteiger partial charge on any atom is -0.295 e. The first kappa shape index (κ1) is 12.9. The summed E-state index contributed by atoms with van der Waals surface area (Å²) in [6.45, 7) is 1.94. The molecule has 1 atom stereocenters. The molecule has 0 radical (unpaired) electrons. The quantitative estimate of drug-likeness (QED) is 0.804. The third-order valence-electron chi connectivity index (χ3n) is 4.30. The Balaban J connectivity index is 1.89. The maximum Gasteiger partial charge on any atom is 0.259 e. The Morgan fingerprint density at radius 2 is 2.05 bits per heavy atom. The number of carbonyl (C=O) groups excluding carboxylic acids is 3. The molecule has 1 aromatic heterocycles. The summed E-state index contributed by atoms with van der Waals surface area (Å²) in [5, 5.41) is 3.10. The van der Waals surface area contributed by atoms with Crippen LogP contribution < -0.4 is 10.2 Å². The molecule has 6 heteroatoms. The van der Waals surface area contributed by atoms with Gasteiger partial charge in [-0.15, -0.1) is 0 Å². The van der Waals surface area contributed by atoms with Gasteiger partial charge in [-0.3, -0.25) is 29.6 Å². The number of anilines is 1. The molecule has 1 aromatic carbocycles. The molecule has 0 aliphatic carbocycles. The number of amides is 3. The fourth-order valence-corrected chi connectivity index (χ4v) is 3.24.